The molecule has 0 saturated heterocycles. The van der Waals surface area contributed by atoms with Gasteiger partial charge in [-0.25, -0.2) is 5.73 Å². The molecule has 1 saturated carbocycles. The zero-order valence-electron chi connectivity index (χ0n) is 4.11. The minimum Gasteiger partial charge on any atom is -0.298 e. The number of Topliss-reactive ketones (excluding diaryl/α,β-unsaturated/α-hetero) is 1. The SMILES string of the molecule is [NH]C1CCCC1=O. The van der Waals surface area contributed by atoms with Crippen LogP contribution in [0.15, 0.2) is 0 Å². The molecule has 0 aliphatic heterocycles. The van der Waals surface area contributed by atoms with Crippen LogP contribution < -0.4 is 5.73 Å². The molecule has 1 radical (unpaired) electrons. The van der Waals surface area contributed by atoms with Crippen LogP contribution in [0.3, 0.4) is 0 Å². The average molecular weight is 98.1 g/mol. The van der Waals surface area contributed by atoms with Gasteiger partial charge in [0.25, 0.3) is 0 Å². The number of hydrogen-bond acceptors (Lipinski definition) is 1. The summed E-state index contributed by atoms with van der Waals surface area (Å²) < 4.78 is 0. The van der Waals surface area contributed by atoms with E-state index in [1.165, 1.54) is 0 Å². The minimum absolute atomic E-state index is 0.125. The van der Waals surface area contributed by atoms with Crippen LogP contribution in [0.5, 0.6) is 0 Å². The molecule has 39 valence electrons. The van der Waals surface area contributed by atoms with Gasteiger partial charge in [-0.15, -0.1) is 0 Å². The van der Waals surface area contributed by atoms with Crippen molar-refractivity contribution in [3.05, 3.63) is 0 Å². The van der Waals surface area contributed by atoms with Crippen LogP contribution in [-0.4, -0.2) is 11.8 Å². The molecular formula is C5H8NO. The van der Waals surface area contributed by atoms with Crippen LogP contribution in [0.25, 0.3) is 0 Å². The van der Waals surface area contributed by atoms with Gasteiger partial charge in [-0.3, -0.25) is 4.79 Å². The van der Waals surface area contributed by atoms with Gasteiger partial charge in [0, 0.05) is 6.42 Å². The van der Waals surface area contributed by atoms with Crippen LogP contribution in [0.1, 0.15) is 19.3 Å². The summed E-state index contributed by atoms with van der Waals surface area (Å²) in [6.07, 6.45) is 2.38. The van der Waals surface area contributed by atoms with Crippen molar-refractivity contribution in [2.75, 3.05) is 0 Å². The van der Waals surface area contributed by atoms with Crippen molar-refractivity contribution in [1.29, 1.82) is 0 Å². The number of carbonyl (C=O) groups is 1. The van der Waals surface area contributed by atoms with Crippen molar-refractivity contribution in [3.63, 3.8) is 0 Å². The molecule has 0 amide bonds. The second-order valence-electron chi connectivity index (χ2n) is 1.91. The topological polar surface area (TPSA) is 40.9 Å². The lowest BCUT2D eigenvalue weighted by Crippen LogP contribution is -2.12. The Labute approximate surface area is 42.7 Å². The normalized spacial score (nSPS) is 31.6. The van der Waals surface area contributed by atoms with Crippen molar-refractivity contribution < 1.29 is 4.79 Å². The Hall–Kier alpha value is -0.370. The summed E-state index contributed by atoms with van der Waals surface area (Å²) in [5.41, 5.74) is 6.99. The van der Waals surface area contributed by atoms with Gasteiger partial charge in [-0.2, -0.15) is 0 Å². The van der Waals surface area contributed by atoms with Crippen LogP contribution in [-0.2, 0) is 4.79 Å². The third kappa shape index (κ3) is 0.800. The van der Waals surface area contributed by atoms with Crippen molar-refractivity contribution in [2.24, 2.45) is 0 Å². The van der Waals surface area contributed by atoms with E-state index in [0.717, 1.165) is 12.8 Å². The number of hydrogen-bond donors (Lipinski definition) is 0. The summed E-state index contributed by atoms with van der Waals surface area (Å²) in [6, 6.07) is -0.375. The maximum Gasteiger partial charge on any atom is 0.151 e. The number of rotatable bonds is 0. The first kappa shape index (κ1) is 4.78. The standard InChI is InChI=1S/C5H8NO/c6-4-2-1-3-5(4)7/h4,6H,1-3H2. The van der Waals surface area contributed by atoms with Crippen molar-refractivity contribution in [1.82, 2.24) is 5.73 Å². The summed E-state index contributed by atoms with van der Waals surface area (Å²) in [7, 11) is 0. The molecule has 1 aliphatic rings. The first-order chi connectivity index (χ1) is 3.30. The van der Waals surface area contributed by atoms with Gasteiger partial charge in [-0.1, -0.05) is 0 Å². The van der Waals surface area contributed by atoms with Gasteiger partial charge in [-0.05, 0) is 12.8 Å². The molecule has 1 aliphatic carbocycles. The highest BCUT2D eigenvalue weighted by molar-refractivity contribution is 5.85. The lowest BCUT2D eigenvalue weighted by Gasteiger charge is -1.90. The number of carbonyl (C=O) groups excluding carboxylic acids is 1. The van der Waals surface area contributed by atoms with Crippen LogP contribution in [0, 0.1) is 0 Å². The van der Waals surface area contributed by atoms with E-state index in [0.29, 0.717) is 6.42 Å². The average Bonchev–Trinajstić information content (AvgIpc) is 1.91. The fourth-order valence-corrected chi connectivity index (χ4v) is 0.816. The third-order valence-electron chi connectivity index (χ3n) is 1.30. The van der Waals surface area contributed by atoms with E-state index >= 15 is 0 Å². The van der Waals surface area contributed by atoms with Crippen molar-refractivity contribution >= 4 is 5.78 Å². The molecule has 7 heavy (non-hydrogen) atoms. The van der Waals surface area contributed by atoms with Crippen molar-refractivity contribution in [3.8, 4) is 0 Å². The van der Waals surface area contributed by atoms with E-state index in [4.69, 9.17) is 5.73 Å². The molecule has 1 unspecified atom stereocenters. The van der Waals surface area contributed by atoms with E-state index < -0.39 is 0 Å². The lowest BCUT2D eigenvalue weighted by molar-refractivity contribution is -0.118. The van der Waals surface area contributed by atoms with E-state index in [1.54, 1.807) is 0 Å². The lowest BCUT2D eigenvalue weighted by atomic mass is 10.3. The molecule has 1 rings (SSSR count). The molecule has 2 heteroatoms. The predicted octanol–water partition coefficient (Wildman–Crippen LogP) is 0.391. The Balaban J connectivity index is 2.48. The Kier molecular flexibility index (Phi) is 1.11. The van der Waals surface area contributed by atoms with Gasteiger partial charge in [0.15, 0.2) is 5.78 Å². The maximum absolute atomic E-state index is 10.4. The minimum atomic E-state index is -0.375. The second kappa shape index (κ2) is 1.62. The Morgan fingerprint density at radius 2 is 2.43 bits per heavy atom. The van der Waals surface area contributed by atoms with E-state index in [1.807, 2.05) is 0 Å². The fourth-order valence-electron chi connectivity index (χ4n) is 0.816. The Morgan fingerprint density at radius 1 is 1.71 bits per heavy atom. The van der Waals surface area contributed by atoms with Crippen LogP contribution >= 0.6 is 0 Å². The first-order valence-electron chi connectivity index (χ1n) is 2.54. The maximum atomic E-state index is 10.4. The van der Waals surface area contributed by atoms with Crippen LogP contribution in [0.2, 0.25) is 0 Å². The summed E-state index contributed by atoms with van der Waals surface area (Å²) >= 11 is 0. The van der Waals surface area contributed by atoms with Gasteiger partial charge >= 0.3 is 0 Å². The molecule has 2 nitrogen and oxygen atoms in total. The summed E-state index contributed by atoms with van der Waals surface area (Å²) in [5, 5.41) is 0. The molecular weight excluding hydrogens is 90.1 g/mol. The summed E-state index contributed by atoms with van der Waals surface area (Å²) in [5.74, 6) is 0.125. The van der Waals surface area contributed by atoms with E-state index in [9.17, 15) is 4.79 Å². The Bertz CT molecular complexity index is 90.1. The molecule has 0 aromatic rings. The van der Waals surface area contributed by atoms with Crippen molar-refractivity contribution in [2.45, 2.75) is 25.3 Å². The Morgan fingerprint density at radius 3 is 2.57 bits per heavy atom. The summed E-state index contributed by atoms with van der Waals surface area (Å²) in [6.45, 7) is 0. The van der Waals surface area contributed by atoms with E-state index in [2.05, 4.69) is 0 Å². The molecule has 1 fully saturated rings. The molecule has 0 bridgehead atoms. The van der Waals surface area contributed by atoms with Gasteiger partial charge in [0.05, 0.1) is 6.04 Å². The van der Waals surface area contributed by atoms with Gasteiger partial charge < -0.3 is 0 Å². The second-order valence-corrected chi connectivity index (χ2v) is 1.91. The first-order valence-corrected chi connectivity index (χ1v) is 2.54. The highest BCUT2D eigenvalue weighted by Crippen LogP contribution is 2.12. The third-order valence-corrected chi connectivity index (χ3v) is 1.30. The quantitative estimate of drug-likeness (QED) is 0.432. The highest BCUT2D eigenvalue weighted by atomic mass is 16.1. The number of nitrogens with one attached hydrogen (secondary N) is 1. The highest BCUT2D eigenvalue weighted by Gasteiger charge is 2.19. The zero-order valence-corrected chi connectivity index (χ0v) is 4.11. The number of ketones is 1. The van der Waals surface area contributed by atoms with E-state index in [-0.39, 0.29) is 11.8 Å². The zero-order chi connectivity index (χ0) is 5.28. The van der Waals surface area contributed by atoms with Gasteiger partial charge in [0.2, 0.25) is 0 Å². The molecule has 0 aromatic heterocycles. The monoisotopic (exact) mass is 98.1 g/mol. The molecule has 0 spiro atoms. The molecule has 0 heterocycles. The largest absolute Gasteiger partial charge is 0.298 e. The van der Waals surface area contributed by atoms with Gasteiger partial charge in [0.1, 0.15) is 0 Å². The molecule has 1 atom stereocenters. The molecule has 0 aromatic carbocycles. The fraction of sp³-hybridized carbons (Fsp3) is 0.800. The molecule has 1 N–H and O–H groups in total. The van der Waals surface area contributed by atoms with Crippen LogP contribution in [0.4, 0.5) is 0 Å². The smallest absolute Gasteiger partial charge is 0.151 e. The summed E-state index contributed by atoms with van der Waals surface area (Å²) in [4.78, 5) is 10.4. The predicted molar refractivity (Wildman–Crippen MR) is 25.7 cm³/mol.